The quantitative estimate of drug-likeness (QED) is 0.509. The predicted octanol–water partition coefficient (Wildman–Crippen LogP) is 6.39. The van der Waals surface area contributed by atoms with Crippen molar-refractivity contribution < 1.29 is 13.2 Å². The Morgan fingerprint density at radius 3 is 2.52 bits per heavy atom. The van der Waals surface area contributed by atoms with Crippen molar-refractivity contribution in [2.24, 2.45) is 29.1 Å². The van der Waals surface area contributed by atoms with Crippen LogP contribution in [0.25, 0.3) is 0 Å². The van der Waals surface area contributed by atoms with E-state index in [4.69, 9.17) is 0 Å². The van der Waals surface area contributed by atoms with E-state index in [-0.39, 0.29) is 12.8 Å². The molecule has 1 aliphatic heterocycles. The number of allylic oxidation sites excluding steroid dienone is 1. The first-order valence-corrected chi connectivity index (χ1v) is 10.8. The molecular formula is C20H31BrF3N. The molecule has 5 heteroatoms. The molecule has 0 radical (unpaired) electrons. The zero-order chi connectivity index (χ0) is 18.2. The molecule has 0 bridgehead atoms. The third-order valence-electron chi connectivity index (χ3n) is 7.46. The lowest BCUT2D eigenvalue weighted by Crippen LogP contribution is -2.43. The van der Waals surface area contributed by atoms with Crippen LogP contribution in [0.3, 0.4) is 0 Å². The Labute approximate surface area is 158 Å². The number of hydrogen-bond donors (Lipinski definition) is 0. The summed E-state index contributed by atoms with van der Waals surface area (Å²) in [6.07, 6.45) is 2.87. The fourth-order valence-corrected chi connectivity index (χ4v) is 6.67. The molecule has 0 aromatic rings. The topological polar surface area (TPSA) is 3.24 Å². The summed E-state index contributed by atoms with van der Waals surface area (Å²) in [5.41, 5.74) is 1.95. The molecule has 3 aliphatic rings. The highest BCUT2D eigenvalue weighted by molar-refractivity contribution is 9.11. The second-order valence-corrected chi connectivity index (χ2v) is 9.33. The van der Waals surface area contributed by atoms with E-state index in [1.165, 1.54) is 32.1 Å². The summed E-state index contributed by atoms with van der Waals surface area (Å²) in [7, 11) is 0. The van der Waals surface area contributed by atoms with Crippen LogP contribution in [0.1, 0.15) is 58.8 Å². The molecular weight excluding hydrogens is 391 g/mol. The molecule has 2 saturated carbocycles. The van der Waals surface area contributed by atoms with Crippen LogP contribution < -0.4 is 0 Å². The van der Waals surface area contributed by atoms with E-state index < -0.39 is 12.1 Å². The molecule has 1 heterocycles. The SMILES string of the molecule is C[C@H](CN1CCC(C(F)(F)F)CC1)[C@H]1CC[C@@H]2/C(=C/Br)CCC[C@@]21C. The number of nitrogens with zero attached hydrogens (tertiary/aromatic N) is 1. The Morgan fingerprint density at radius 1 is 1.24 bits per heavy atom. The normalized spacial score (nSPS) is 38.1. The maximum atomic E-state index is 12.9. The molecule has 0 spiro atoms. The number of halogens is 4. The van der Waals surface area contributed by atoms with Gasteiger partial charge < -0.3 is 4.90 Å². The lowest BCUT2D eigenvalue weighted by Gasteiger charge is -2.45. The molecule has 3 fully saturated rings. The van der Waals surface area contributed by atoms with Gasteiger partial charge in [0.25, 0.3) is 0 Å². The van der Waals surface area contributed by atoms with Crippen LogP contribution in [0, 0.1) is 29.1 Å². The summed E-state index contributed by atoms with van der Waals surface area (Å²) < 4.78 is 38.6. The van der Waals surface area contributed by atoms with Gasteiger partial charge in [-0.15, -0.1) is 0 Å². The molecule has 4 atom stereocenters. The van der Waals surface area contributed by atoms with E-state index in [1.807, 2.05) is 0 Å². The standard InChI is InChI=1S/C20H31BrF3N/c1-14(13-25-10-7-16(8-11-25)20(22,23)24)17-5-6-18-15(12-21)4-3-9-19(17,18)2/h12,14,16-18H,3-11,13H2,1-2H3/b15-12+/t14-,17-,18-,19-/m1/s1. The lowest BCUT2D eigenvalue weighted by molar-refractivity contribution is -0.185. The van der Waals surface area contributed by atoms with Gasteiger partial charge in [0, 0.05) is 6.54 Å². The molecule has 0 N–H and O–H groups in total. The monoisotopic (exact) mass is 421 g/mol. The minimum absolute atomic E-state index is 0.275. The smallest absolute Gasteiger partial charge is 0.303 e. The molecule has 0 aromatic heterocycles. The lowest BCUT2D eigenvalue weighted by atomic mass is 9.61. The molecule has 0 unspecified atom stereocenters. The van der Waals surface area contributed by atoms with Crippen molar-refractivity contribution >= 4 is 15.9 Å². The highest BCUT2D eigenvalue weighted by Gasteiger charge is 2.51. The second kappa shape index (κ2) is 7.53. The van der Waals surface area contributed by atoms with Crippen molar-refractivity contribution in [1.82, 2.24) is 4.90 Å². The van der Waals surface area contributed by atoms with Gasteiger partial charge in [-0.1, -0.05) is 35.4 Å². The second-order valence-electron chi connectivity index (χ2n) is 8.87. The van der Waals surface area contributed by atoms with Gasteiger partial charge in [0.15, 0.2) is 0 Å². The fraction of sp³-hybridized carbons (Fsp3) is 0.900. The van der Waals surface area contributed by atoms with Crippen LogP contribution in [0.4, 0.5) is 13.2 Å². The number of piperidine rings is 1. The minimum atomic E-state index is -4.01. The minimum Gasteiger partial charge on any atom is -0.303 e. The zero-order valence-electron chi connectivity index (χ0n) is 15.4. The highest BCUT2D eigenvalue weighted by atomic mass is 79.9. The predicted molar refractivity (Wildman–Crippen MR) is 99.6 cm³/mol. The Morgan fingerprint density at radius 2 is 1.92 bits per heavy atom. The molecule has 25 heavy (non-hydrogen) atoms. The van der Waals surface area contributed by atoms with Gasteiger partial charge in [-0.2, -0.15) is 13.2 Å². The van der Waals surface area contributed by atoms with Gasteiger partial charge in [-0.3, -0.25) is 0 Å². The third kappa shape index (κ3) is 3.97. The summed E-state index contributed by atoms with van der Waals surface area (Å²) in [4.78, 5) is 4.44. The Bertz CT molecular complexity index is 496. The van der Waals surface area contributed by atoms with Crippen LogP contribution in [0.15, 0.2) is 10.6 Å². The molecule has 144 valence electrons. The number of hydrogen-bond acceptors (Lipinski definition) is 1. The average molecular weight is 422 g/mol. The Balaban J connectivity index is 1.58. The van der Waals surface area contributed by atoms with E-state index in [0.29, 0.717) is 36.3 Å². The summed E-state index contributed by atoms with van der Waals surface area (Å²) >= 11 is 3.57. The molecule has 0 aromatic carbocycles. The number of fused-ring (bicyclic) bond motifs is 1. The summed E-state index contributed by atoms with van der Waals surface area (Å²) in [5, 5.41) is 0. The zero-order valence-corrected chi connectivity index (χ0v) is 17.0. The van der Waals surface area contributed by atoms with E-state index >= 15 is 0 Å². The third-order valence-corrected chi connectivity index (χ3v) is 8.05. The number of alkyl halides is 3. The maximum Gasteiger partial charge on any atom is 0.391 e. The van der Waals surface area contributed by atoms with Crippen LogP contribution >= 0.6 is 15.9 Å². The largest absolute Gasteiger partial charge is 0.391 e. The highest BCUT2D eigenvalue weighted by Crippen LogP contribution is 2.59. The van der Waals surface area contributed by atoms with Gasteiger partial charge in [0.2, 0.25) is 0 Å². The van der Waals surface area contributed by atoms with Crippen LogP contribution in [0.5, 0.6) is 0 Å². The van der Waals surface area contributed by atoms with Crippen LogP contribution in [0.2, 0.25) is 0 Å². The van der Waals surface area contributed by atoms with Gasteiger partial charge in [0.05, 0.1) is 5.92 Å². The van der Waals surface area contributed by atoms with E-state index in [1.54, 1.807) is 5.57 Å². The maximum absolute atomic E-state index is 12.9. The number of likely N-dealkylation sites (tertiary alicyclic amines) is 1. The van der Waals surface area contributed by atoms with Gasteiger partial charge >= 0.3 is 6.18 Å². The molecule has 1 nitrogen and oxygen atoms in total. The fourth-order valence-electron chi connectivity index (χ4n) is 6.12. The van der Waals surface area contributed by atoms with Gasteiger partial charge in [-0.05, 0) is 86.2 Å². The van der Waals surface area contributed by atoms with Gasteiger partial charge in [-0.25, -0.2) is 0 Å². The summed E-state index contributed by atoms with van der Waals surface area (Å²) in [6, 6.07) is 0. The van der Waals surface area contributed by atoms with E-state index in [9.17, 15) is 13.2 Å². The summed E-state index contributed by atoms with van der Waals surface area (Å²) in [5.74, 6) is 0.870. The molecule has 1 saturated heterocycles. The molecule has 2 aliphatic carbocycles. The van der Waals surface area contributed by atoms with Crippen molar-refractivity contribution in [2.45, 2.75) is 65.0 Å². The Hall–Kier alpha value is -0.0300. The molecule has 0 amide bonds. The Kier molecular flexibility index (Phi) is 5.94. The first-order valence-electron chi connectivity index (χ1n) is 9.84. The first kappa shape index (κ1) is 19.7. The van der Waals surface area contributed by atoms with E-state index in [0.717, 1.165) is 6.54 Å². The van der Waals surface area contributed by atoms with Crippen LogP contribution in [-0.2, 0) is 0 Å². The van der Waals surface area contributed by atoms with Crippen molar-refractivity contribution in [3.63, 3.8) is 0 Å². The van der Waals surface area contributed by atoms with E-state index in [2.05, 4.69) is 39.7 Å². The number of rotatable bonds is 3. The summed E-state index contributed by atoms with van der Waals surface area (Å²) in [6.45, 7) is 6.98. The molecule has 3 rings (SSSR count). The van der Waals surface area contributed by atoms with Crippen molar-refractivity contribution in [3.8, 4) is 0 Å². The van der Waals surface area contributed by atoms with Crippen molar-refractivity contribution in [2.75, 3.05) is 19.6 Å². The first-order chi connectivity index (χ1) is 11.8. The van der Waals surface area contributed by atoms with Crippen molar-refractivity contribution in [3.05, 3.63) is 10.6 Å². The van der Waals surface area contributed by atoms with Crippen molar-refractivity contribution in [1.29, 1.82) is 0 Å². The average Bonchev–Trinajstić information content (AvgIpc) is 2.91. The van der Waals surface area contributed by atoms with Gasteiger partial charge in [0.1, 0.15) is 0 Å². The van der Waals surface area contributed by atoms with Crippen LogP contribution in [-0.4, -0.2) is 30.7 Å².